The molecule has 5 nitrogen and oxygen atoms in total. The van der Waals surface area contributed by atoms with E-state index in [1.165, 1.54) is 5.56 Å². The summed E-state index contributed by atoms with van der Waals surface area (Å²) in [7, 11) is 0. The number of rotatable bonds is 5. The van der Waals surface area contributed by atoms with Gasteiger partial charge in [-0.1, -0.05) is 133 Å². The number of aryl methyl sites for hydroxylation is 1. The molecule has 3 heterocycles. The first-order valence-electron chi connectivity index (χ1n) is 17.0. The predicted octanol–water partition coefficient (Wildman–Crippen LogP) is 11.3. The molecule has 0 unspecified atom stereocenters. The summed E-state index contributed by atoms with van der Waals surface area (Å²) in [5.41, 5.74) is 10.6. The molecular formula is C45H30N4O. The van der Waals surface area contributed by atoms with Crippen LogP contribution in [0.4, 0.5) is 0 Å². The van der Waals surface area contributed by atoms with E-state index in [0.717, 1.165) is 84.8 Å². The molecule has 0 amide bonds. The summed E-state index contributed by atoms with van der Waals surface area (Å²) in [5, 5.41) is 3.42. The van der Waals surface area contributed by atoms with Crippen LogP contribution in [0.15, 0.2) is 156 Å². The van der Waals surface area contributed by atoms with Gasteiger partial charge in [-0.2, -0.15) is 9.97 Å². The third kappa shape index (κ3) is 4.74. The average molecular weight is 643 g/mol. The molecule has 236 valence electrons. The van der Waals surface area contributed by atoms with Gasteiger partial charge in [0.1, 0.15) is 11.3 Å². The van der Waals surface area contributed by atoms with E-state index in [1.54, 1.807) is 0 Å². The van der Waals surface area contributed by atoms with Crippen molar-refractivity contribution in [3.8, 4) is 51.0 Å². The minimum Gasteiger partial charge on any atom is -0.460 e. The van der Waals surface area contributed by atoms with E-state index in [2.05, 4.69) is 102 Å². The third-order valence-electron chi connectivity index (χ3n) is 9.72. The molecule has 0 aliphatic heterocycles. The van der Waals surface area contributed by atoms with E-state index in [9.17, 15) is 0 Å². The Bertz CT molecular complexity index is 2690. The molecule has 0 bridgehead atoms. The molecule has 0 saturated carbocycles. The van der Waals surface area contributed by atoms with Crippen molar-refractivity contribution in [2.75, 3.05) is 0 Å². The maximum absolute atomic E-state index is 6.23. The van der Waals surface area contributed by atoms with Gasteiger partial charge in [-0.3, -0.25) is 4.57 Å². The fraction of sp³-hybridized carbons (Fsp3) is 0.0444. The summed E-state index contributed by atoms with van der Waals surface area (Å²) in [4.78, 5) is 15.3. The van der Waals surface area contributed by atoms with Gasteiger partial charge in [0.15, 0.2) is 11.6 Å². The second-order valence-corrected chi connectivity index (χ2v) is 12.8. The van der Waals surface area contributed by atoms with Crippen LogP contribution in [0.3, 0.4) is 0 Å². The van der Waals surface area contributed by atoms with E-state index in [-0.39, 0.29) is 0 Å². The van der Waals surface area contributed by atoms with Crippen molar-refractivity contribution < 1.29 is 4.42 Å². The van der Waals surface area contributed by atoms with Crippen LogP contribution in [-0.4, -0.2) is 19.5 Å². The largest absolute Gasteiger partial charge is 0.460 e. The Balaban J connectivity index is 1.25. The van der Waals surface area contributed by atoms with Gasteiger partial charge in [-0.25, -0.2) is 4.98 Å². The molecule has 10 rings (SSSR count). The van der Waals surface area contributed by atoms with Crippen LogP contribution in [0, 0.1) is 0 Å². The Morgan fingerprint density at radius 1 is 0.480 bits per heavy atom. The number of allylic oxidation sites excluding steroid dienone is 1. The SMILES string of the molecule is C1=Cc2c(oc3ccc(-c4ccc5c6ccc(-c7ccccc7)cc6n(-c6nc(-c7ccccc7)nc(-c7ccccc7)n6)c5c4)cc23)CC1. The third-order valence-corrected chi connectivity index (χ3v) is 9.72. The first-order valence-corrected chi connectivity index (χ1v) is 17.0. The van der Waals surface area contributed by atoms with Crippen LogP contribution in [0.25, 0.3) is 89.8 Å². The zero-order chi connectivity index (χ0) is 33.0. The average Bonchev–Trinajstić information content (AvgIpc) is 3.73. The molecule has 0 saturated heterocycles. The molecule has 5 heteroatoms. The fourth-order valence-corrected chi connectivity index (χ4v) is 7.25. The number of hydrogen-bond donors (Lipinski definition) is 0. The highest BCUT2D eigenvalue weighted by Gasteiger charge is 2.20. The summed E-state index contributed by atoms with van der Waals surface area (Å²) in [6.45, 7) is 0. The molecule has 6 aromatic carbocycles. The van der Waals surface area contributed by atoms with Gasteiger partial charge < -0.3 is 4.42 Å². The lowest BCUT2D eigenvalue weighted by atomic mass is 9.98. The Kier molecular flexibility index (Phi) is 6.56. The van der Waals surface area contributed by atoms with E-state index >= 15 is 0 Å². The lowest BCUT2D eigenvalue weighted by Crippen LogP contribution is -2.06. The van der Waals surface area contributed by atoms with E-state index in [4.69, 9.17) is 19.4 Å². The molecule has 0 atom stereocenters. The molecular weight excluding hydrogens is 613 g/mol. The number of benzene rings is 6. The second-order valence-electron chi connectivity index (χ2n) is 12.8. The van der Waals surface area contributed by atoms with Crippen molar-refractivity contribution >= 4 is 38.9 Å². The molecule has 50 heavy (non-hydrogen) atoms. The van der Waals surface area contributed by atoms with Crippen LogP contribution in [0.5, 0.6) is 0 Å². The van der Waals surface area contributed by atoms with Crippen molar-refractivity contribution in [3.63, 3.8) is 0 Å². The second kappa shape index (κ2) is 11.5. The quantitative estimate of drug-likeness (QED) is 0.187. The first-order chi connectivity index (χ1) is 24.8. The normalized spacial score (nSPS) is 12.6. The summed E-state index contributed by atoms with van der Waals surface area (Å²) in [6, 6.07) is 50.7. The maximum Gasteiger partial charge on any atom is 0.238 e. The molecule has 0 fully saturated rings. The topological polar surface area (TPSA) is 56.7 Å². The Morgan fingerprint density at radius 3 is 1.64 bits per heavy atom. The smallest absolute Gasteiger partial charge is 0.238 e. The Morgan fingerprint density at radius 2 is 1.02 bits per heavy atom. The predicted molar refractivity (Wildman–Crippen MR) is 203 cm³/mol. The number of furan rings is 1. The van der Waals surface area contributed by atoms with E-state index < -0.39 is 0 Å². The molecule has 0 radical (unpaired) electrons. The van der Waals surface area contributed by atoms with Gasteiger partial charge in [-0.05, 0) is 52.9 Å². The van der Waals surface area contributed by atoms with Gasteiger partial charge in [0.2, 0.25) is 5.95 Å². The zero-order valence-electron chi connectivity index (χ0n) is 27.1. The van der Waals surface area contributed by atoms with Crippen molar-refractivity contribution in [1.82, 2.24) is 19.5 Å². The number of hydrogen-bond acceptors (Lipinski definition) is 4. The van der Waals surface area contributed by atoms with E-state index in [0.29, 0.717) is 17.6 Å². The van der Waals surface area contributed by atoms with Crippen molar-refractivity contribution in [1.29, 1.82) is 0 Å². The number of aromatic nitrogens is 4. The fourth-order valence-electron chi connectivity index (χ4n) is 7.25. The van der Waals surface area contributed by atoms with Crippen LogP contribution < -0.4 is 0 Å². The van der Waals surface area contributed by atoms with E-state index in [1.807, 2.05) is 60.7 Å². The summed E-state index contributed by atoms with van der Waals surface area (Å²) in [6.07, 6.45) is 6.40. The molecule has 0 spiro atoms. The molecule has 0 N–H and O–H groups in total. The minimum absolute atomic E-state index is 0.574. The van der Waals surface area contributed by atoms with Gasteiger partial charge in [0.05, 0.1) is 11.0 Å². The molecule has 3 aromatic heterocycles. The Labute approximate surface area is 288 Å². The zero-order valence-corrected chi connectivity index (χ0v) is 27.1. The standard InChI is InChI=1S/C45H30N4O/c1-4-12-29(13-5-1)33-20-23-35-36-24-21-34(32-22-25-42-38(26-32)37-18-10-11-19-41(37)50-42)28-40(36)49(39(35)27-33)45-47-43(30-14-6-2-7-15-30)46-44(48-45)31-16-8-3-9-17-31/h1-10,12-18,20-28H,11,19H2. The van der Waals surface area contributed by atoms with Crippen LogP contribution in [0.2, 0.25) is 0 Å². The minimum atomic E-state index is 0.574. The summed E-state index contributed by atoms with van der Waals surface area (Å²) in [5.74, 6) is 2.90. The van der Waals surface area contributed by atoms with Crippen LogP contribution in [-0.2, 0) is 6.42 Å². The van der Waals surface area contributed by atoms with Gasteiger partial charge in [0.25, 0.3) is 0 Å². The van der Waals surface area contributed by atoms with Gasteiger partial charge in [0, 0.05) is 39.3 Å². The maximum atomic E-state index is 6.23. The summed E-state index contributed by atoms with van der Waals surface area (Å²) >= 11 is 0. The molecule has 1 aliphatic rings. The van der Waals surface area contributed by atoms with Crippen molar-refractivity contribution in [2.45, 2.75) is 12.8 Å². The monoisotopic (exact) mass is 642 g/mol. The van der Waals surface area contributed by atoms with Gasteiger partial charge in [-0.15, -0.1) is 0 Å². The Hall–Kier alpha value is -6.59. The highest BCUT2D eigenvalue weighted by Crippen LogP contribution is 2.39. The van der Waals surface area contributed by atoms with Crippen LogP contribution >= 0.6 is 0 Å². The molecule has 1 aliphatic carbocycles. The lowest BCUT2D eigenvalue weighted by Gasteiger charge is -2.12. The van der Waals surface area contributed by atoms with Crippen molar-refractivity contribution in [3.05, 3.63) is 163 Å². The van der Waals surface area contributed by atoms with Gasteiger partial charge >= 0.3 is 0 Å². The van der Waals surface area contributed by atoms with Crippen LogP contribution in [0.1, 0.15) is 17.7 Å². The number of nitrogens with zero attached hydrogens (tertiary/aromatic N) is 4. The first kappa shape index (κ1) is 28.4. The highest BCUT2D eigenvalue weighted by molar-refractivity contribution is 6.11. The molecule has 9 aromatic rings. The highest BCUT2D eigenvalue weighted by atomic mass is 16.3. The lowest BCUT2D eigenvalue weighted by molar-refractivity contribution is 0.546. The van der Waals surface area contributed by atoms with Crippen molar-refractivity contribution in [2.24, 2.45) is 0 Å². The number of fused-ring (bicyclic) bond motifs is 6. The summed E-state index contributed by atoms with van der Waals surface area (Å²) < 4.78 is 8.44.